The molecule has 0 aliphatic rings. The number of quaternary nitrogens is 1. The molecule has 118 valence electrons. The molecule has 19 heavy (non-hydrogen) atoms. The van der Waals surface area contributed by atoms with Gasteiger partial charge in [-0.1, -0.05) is 38.9 Å². The van der Waals surface area contributed by atoms with Crippen molar-refractivity contribution in [2.75, 3.05) is 33.4 Å². The fourth-order valence-electron chi connectivity index (χ4n) is 2.34. The smallest absolute Gasteiger partial charge is 0.119 e. The van der Waals surface area contributed by atoms with Crippen LogP contribution in [-0.4, -0.2) is 57.0 Å². The van der Waals surface area contributed by atoms with Gasteiger partial charge in [-0.3, -0.25) is 0 Å². The number of aliphatic hydroxyl groups is 1. The van der Waals surface area contributed by atoms with Gasteiger partial charge in [-0.05, 0) is 6.92 Å². The average molecular weight is 404 g/mol. The molecular weight excluding hydrogens is 373 g/mol. The zero-order chi connectivity index (χ0) is 14.8. The van der Waals surface area contributed by atoms with Crippen LogP contribution in [0.5, 0.6) is 0 Å². The van der Waals surface area contributed by atoms with E-state index in [0.29, 0.717) is 6.61 Å². The molecule has 0 spiro atoms. The van der Waals surface area contributed by atoms with Gasteiger partial charge in [-0.15, -0.1) is 0 Å². The number of nitrogens with zero attached hydrogens (tertiary/aromatic N) is 1. The molecule has 0 aliphatic heterocycles. The summed E-state index contributed by atoms with van der Waals surface area (Å²) in [4.78, 5) is 8.89. The summed E-state index contributed by atoms with van der Waals surface area (Å²) in [5.74, 6) is -1.08. The zero-order valence-corrected chi connectivity index (χ0v) is 16.5. The largest absolute Gasteiger partial charge is 1.00 e. The van der Waals surface area contributed by atoms with Crippen molar-refractivity contribution in [3.05, 3.63) is 0 Å². The summed E-state index contributed by atoms with van der Waals surface area (Å²) in [6.07, 6.45) is 1.32. The summed E-state index contributed by atoms with van der Waals surface area (Å²) in [7, 11) is 3.47. The van der Waals surface area contributed by atoms with Gasteiger partial charge in [0.05, 0.1) is 26.9 Å². The minimum Gasteiger partial charge on any atom is -1.00 e. The second-order valence-corrected chi connectivity index (χ2v) is 11.0. The maximum Gasteiger partial charge on any atom is 0.119 e. The van der Waals surface area contributed by atoms with Crippen LogP contribution in [0.25, 0.3) is 0 Å². The summed E-state index contributed by atoms with van der Waals surface area (Å²) in [5.41, 5.74) is 0. The van der Waals surface area contributed by atoms with Crippen LogP contribution < -0.4 is 29.1 Å². The molecule has 0 bridgehead atoms. The van der Waals surface area contributed by atoms with Crippen LogP contribution in [0.3, 0.4) is 0 Å². The highest BCUT2D eigenvalue weighted by molar-refractivity contribution is 6.79. The number of halogens is 1. The first-order chi connectivity index (χ1) is 8.18. The Kier molecular flexibility index (Phi) is 15.5. The van der Waals surface area contributed by atoms with E-state index in [1.165, 1.54) is 24.3 Å². The minimum absolute atomic E-state index is 0. The number of hydrogen-bond donors (Lipinski definition) is 1. The van der Waals surface area contributed by atoms with Gasteiger partial charge in [0.2, 0.25) is 0 Å². The van der Waals surface area contributed by atoms with Crippen molar-refractivity contribution >= 4 is 14.0 Å². The van der Waals surface area contributed by atoms with E-state index in [4.69, 9.17) is 15.0 Å². The Morgan fingerprint density at radius 3 is 1.68 bits per heavy atom. The Labute approximate surface area is 136 Å². The van der Waals surface area contributed by atoms with Crippen molar-refractivity contribution in [2.24, 2.45) is 0 Å². The maximum atomic E-state index is 9.02. The van der Waals surface area contributed by atoms with Crippen molar-refractivity contribution < 1.29 is 43.5 Å². The predicted molar refractivity (Wildman–Crippen MR) is 76.8 cm³/mol. The van der Waals surface area contributed by atoms with Crippen LogP contribution in [0.15, 0.2) is 0 Å². The predicted octanol–water partition coefficient (Wildman–Crippen LogP) is -2.14. The molecule has 0 heterocycles. The average Bonchev–Trinajstić information content (AvgIpc) is 2.25. The topological polar surface area (TPSA) is 60.4 Å². The number of likely N-dealkylation sites (N-methyl/N-ethyl adjacent to an activating group) is 1. The van der Waals surface area contributed by atoms with Crippen molar-refractivity contribution in [3.8, 4) is 0 Å². The van der Waals surface area contributed by atoms with Gasteiger partial charge in [0.25, 0.3) is 0 Å². The maximum absolute atomic E-state index is 9.02. The molecule has 0 aliphatic carbocycles. The standard InChI is InChI=1S/C11H28NOSi.C2H4O2.HI/c1-6-14(7-2,8-3)11-12(4,5)9-10-13;1-2(3)4;/h13H,6-11H2,1-5H3;1H3,(H,3,4);1H/q+1;;/p-2. The van der Waals surface area contributed by atoms with Crippen molar-refractivity contribution in [1.82, 2.24) is 0 Å². The minimum atomic E-state index is -1.08. The van der Waals surface area contributed by atoms with E-state index in [1.807, 2.05) is 0 Å². The first-order valence-corrected chi connectivity index (χ1v) is 9.62. The van der Waals surface area contributed by atoms with Gasteiger partial charge in [-0.2, -0.15) is 0 Å². The van der Waals surface area contributed by atoms with Gasteiger partial charge < -0.3 is 43.5 Å². The van der Waals surface area contributed by atoms with E-state index in [1.54, 1.807) is 0 Å². The number of hydrogen-bond acceptors (Lipinski definition) is 3. The van der Waals surface area contributed by atoms with Gasteiger partial charge in [-0.25, -0.2) is 0 Å². The lowest BCUT2D eigenvalue weighted by Gasteiger charge is -2.38. The van der Waals surface area contributed by atoms with E-state index in [0.717, 1.165) is 18.0 Å². The van der Waals surface area contributed by atoms with Gasteiger partial charge in [0.1, 0.15) is 14.6 Å². The Morgan fingerprint density at radius 2 is 1.47 bits per heavy atom. The highest BCUT2D eigenvalue weighted by Crippen LogP contribution is 2.22. The van der Waals surface area contributed by atoms with E-state index in [2.05, 4.69) is 34.9 Å². The Morgan fingerprint density at radius 1 is 1.16 bits per heavy atom. The second-order valence-electron chi connectivity index (χ2n) is 5.59. The third kappa shape index (κ3) is 13.1. The third-order valence-electron chi connectivity index (χ3n) is 3.72. The Bertz CT molecular complexity index is 222. The highest BCUT2D eigenvalue weighted by atomic mass is 127. The highest BCUT2D eigenvalue weighted by Gasteiger charge is 2.34. The summed E-state index contributed by atoms with van der Waals surface area (Å²) >= 11 is 0. The number of aliphatic carboxylic acids is 1. The molecule has 0 aromatic rings. The second kappa shape index (κ2) is 12.1. The van der Waals surface area contributed by atoms with E-state index in [-0.39, 0.29) is 24.0 Å². The number of rotatable bonds is 7. The van der Waals surface area contributed by atoms with Crippen molar-refractivity contribution in [1.29, 1.82) is 0 Å². The SMILES string of the molecule is CC(=O)[O-].CC[Si](CC)(CC)C[N+](C)(C)CCO.[I-]. The zero-order valence-electron chi connectivity index (χ0n) is 13.3. The first-order valence-electron chi connectivity index (χ1n) is 6.79. The fourth-order valence-corrected chi connectivity index (χ4v) is 6.49. The number of carboxylic acids is 1. The molecule has 0 aromatic carbocycles. The normalized spacial score (nSPS) is 11.1. The monoisotopic (exact) mass is 404 g/mol. The molecule has 0 amide bonds. The number of aliphatic hydroxyl groups excluding tert-OH is 1. The number of carbonyl (C=O) groups is 1. The molecule has 0 rings (SSSR count). The van der Waals surface area contributed by atoms with Crippen LogP contribution in [0.4, 0.5) is 0 Å². The van der Waals surface area contributed by atoms with Crippen LogP contribution in [0.1, 0.15) is 27.7 Å². The van der Waals surface area contributed by atoms with Gasteiger partial charge >= 0.3 is 0 Å². The molecule has 0 saturated heterocycles. The lowest BCUT2D eigenvalue weighted by Crippen LogP contribution is -3.00. The molecule has 0 atom stereocenters. The molecule has 0 radical (unpaired) electrons. The van der Waals surface area contributed by atoms with Crippen LogP contribution in [-0.2, 0) is 4.79 Å². The molecular formula is C13H31INO3Si-. The molecule has 1 N–H and O–H groups in total. The summed E-state index contributed by atoms with van der Waals surface area (Å²) in [5, 5.41) is 17.9. The van der Waals surface area contributed by atoms with Crippen molar-refractivity contribution in [2.45, 2.75) is 45.8 Å². The summed E-state index contributed by atoms with van der Waals surface area (Å²) in [6, 6.07) is 4.15. The summed E-state index contributed by atoms with van der Waals surface area (Å²) in [6.45, 7) is 9.22. The first kappa shape index (κ1) is 24.4. The van der Waals surface area contributed by atoms with Crippen LogP contribution in [0.2, 0.25) is 18.1 Å². The fraction of sp³-hybridized carbons (Fsp3) is 0.923. The summed E-state index contributed by atoms with van der Waals surface area (Å²) < 4.78 is 0.998. The van der Waals surface area contributed by atoms with Crippen LogP contribution in [0, 0.1) is 0 Å². The molecule has 0 saturated carbocycles. The van der Waals surface area contributed by atoms with E-state index >= 15 is 0 Å². The number of carboxylic acid groups (broad SMARTS) is 1. The lowest BCUT2D eigenvalue weighted by molar-refractivity contribution is -0.881. The number of carbonyl (C=O) groups excluding carboxylic acids is 1. The van der Waals surface area contributed by atoms with Crippen molar-refractivity contribution in [3.63, 3.8) is 0 Å². The molecule has 0 fully saturated rings. The molecule has 4 nitrogen and oxygen atoms in total. The Hall–Kier alpha value is 0.337. The quantitative estimate of drug-likeness (QED) is 0.300. The van der Waals surface area contributed by atoms with E-state index < -0.39 is 14.0 Å². The van der Waals surface area contributed by atoms with Gasteiger partial charge in [0.15, 0.2) is 0 Å². The van der Waals surface area contributed by atoms with Crippen LogP contribution >= 0.6 is 0 Å². The molecule has 0 aromatic heterocycles. The third-order valence-corrected chi connectivity index (χ3v) is 9.75. The molecule has 0 unspecified atom stereocenters. The molecule has 6 heteroatoms. The lowest BCUT2D eigenvalue weighted by atomic mass is 10.5. The Balaban J connectivity index is -0.000000448. The van der Waals surface area contributed by atoms with E-state index in [9.17, 15) is 0 Å². The van der Waals surface area contributed by atoms with Gasteiger partial charge in [0, 0.05) is 5.97 Å².